The molecular formula is C19H15BrN4O2S. The maximum atomic E-state index is 12.6. The predicted octanol–water partition coefficient (Wildman–Crippen LogP) is 3.96. The molecule has 1 saturated heterocycles. The number of aromatic nitrogens is 2. The third kappa shape index (κ3) is 3.77. The zero-order valence-corrected chi connectivity index (χ0v) is 16.5. The number of halogens is 1. The van der Waals surface area contributed by atoms with E-state index >= 15 is 0 Å². The van der Waals surface area contributed by atoms with E-state index in [-0.39, 0.29) is 18.2 Å². The van der Waals surface area contributed by atoms with Crippen molar-refractivity contribution < 1.29 is 9.59 Å². The highest BCUT2D eigenvalue weighted by Gasteiger charge is 2.36. The van der Waals surface area contributed by atoms with Crippen molar-refractivity contribution in [1.29, 1.82) is 0 Å². The van der Waals surface area contributed by atoms with E-state index in [2.05, 4.69) is 30.6 Å². The van der Waals surface area contributed by atoms with Gasteiger partial charge in [-0.1, -0.05) is 42.5 Å². The largest absolute Gasteiger partial charge is 0.310 e. The van der Waals surface area contributed by atoms with Gasteiger partial charge < -0.3 is 10.2 Å². The van der Waals surface area contributed by atoms with E-state index in [9.17, 15) is 9.59 Å². The SMILES string of the molecule is O=C(Nc1nc(-c2ccccc2)ns1)C1CC(=O)N(c2ccccc2Br)C1. The molecule has 0 bridgehead atoms. The summed E-state index contributed by atoms with van der Waals surface area (Å²) in [4.78, 5) is 31.0. The van der Waals surface area contributed by atoms with Crippen LogP contribution in [0.4, 0.5) is 10.8 Å². The number of hydrogen-bond donors (Lipinski definition) is 1. The highest BCUT2D eigenvalue weighted by Crippen LogP contribution is 2.32. The van der Waals surface area contributed by atoms with Gasteiger partial charge in [0, 0.05) is 34.5 Å². The lowest BCUT2D eigenvalue weighted by Gasteiger charge is -2.18. The van der Waals surface area contributed by atoms with E-state index in [4.69, 9.17) is 0 Å². The zero-order valence-electron chi connectivity index (χ0n) is 14.1. The van der Waals surface area contributed by atoms with Crippen LogP contribution in [0.5, 0.6) is 0 Å². The number of nitrogens with one attached hydrogen (secondary N) is 1. The molecule has 0 aliphatic carbocycles. The lowest BCUT2D eigenvalue weighted by molar-refractivity contribution is -0.122. The Labute approximate surface area is 168 Å². The number of nitrogens with zero attached hydrogens (tertiary/aromatic N) is 3. The van der Waals surface area contributed by atoms with Crippen LogP contribution in [-0.2, 0) is 9.59 Å². The summed E-state index contributed by atoms with van der Waals surface area (Å²) >= 11 is 4.59. The molecule has 0 saturated carbocycles. The van der Waals surface area contributed by atoms with E-state index in [0.717, 1.165) is 27.3 Å². The molecule has 1 fully saturated rings. The molecule has 27 heavy (non-hydrogen) atoms. The Morgan fingerprint density at radius 1 is 1.15 bits per heavy atom. The van der Waals surface area contributed by atoms with E-state index in [0.29, 0.717) is 17.5 Å². The molecule has 2 amide bonds. The maximum Gasteiger partial charge on any atom is 0.231 e. The first-order chi connectivity index (χ1) is 13.1. The molecule has 136 valence electrons. The van der Waals surface area contributed by atoms with Gasteiger partial charge >= 0.3 is 0 Å². The summed E-state index contributed by atoms with van der Waals surface area (Å²) in [6.07, 6.45) is 0.178. The lowest BCUT2D eigenvalue weighted by Crippen LogP contribution is -2.28. The minimum Gasteiger partial charge on any atom is -0.310 e. The van der Waals surface area contributed by atoms with Gasteiger partial charge in [-0.05, 0) is 28.1 Å². The second-order valence-electron chi connectivity index (χ2n) is 6.14. The van der Waals surface area contributed by atoms with Crippen molar-refractivity contribution in [1.82, 2.24) is 9.36 Å². The van der Waals surface area contributed by atoms with Crippen LogP contribution in [0.25, 0.3) is 11.4 Å². The number of benzene rings is 2. The number of rotatable bonds is 4. The van der Waals surface area contributed by atoms with Crippen LogP contribution in [0.3, 0.4) is 0 Å². The Morgan fingerprint density at radius 2 is 1.89 bits per heavy atom. The first-order valence-electron chi connectivity index (χ1n) is 8.36. The van der Waals surface area contributed by atoms with Crippen LogP contribution in [-0.4, -0.2) is 27.7 Å². The molecule has 2 aromatic carbocycles. The van der Waals surface area contributed by atoms with Crippen molar-refractivity contribution in [2.75, 3.05) is 16.8 Å². The second kappa shape index (κ2) is 7.58. The fraction of sp³-hybridized carbons (Fsp3) is 0.158. The number of carbonyl (C=O) groups is 2. The third-order valence-electron chi connectivity index (χ3n) is 4.33. The molecule has 0 spiro atoms. The molecule has 0 radical (unpaired) electrons. The summed E-state index contributed by atoms with van der Waals surface area (Å²) in [6, 6.07) is 17.1. The van der Waals surface area contributed by atoms with Gasteiger partial charge in [0.1, 0.15) is 0 Å². The number of hydrogen-bond acceptors (Lipinski definition) is 5. The minimum atomic E-state index is -0.423. The molecular weight excluding hydrogens is 428 g/mol. The van der Waals surface area contributed by atoms with Gasteiger partial charge in [-0.25, -0.2) is 0 Å². The van der Waals surface area contributed by atoms with Gasteiger partial charge in [0.15, 0.2) is 5.82 Å². The van der Waals surface area contributed by atoms with Crippen LogP contribution < -0.4 is 10.2 Å². The fourth-order valence-electron chi connectivity index (χ4n) is 2.97. The van der Waals surface area contributed by atoms with Crippen molar-refractivity contribution in [3.8, 4) is 11.4 Å². The molecule has 1 aromatic heterocycles. The Kier molecular flexibility index (Phi) is 5.00. The summed E-state index contributed by atoms with van der Waals surface area (Å²) in [5.41, 5.74) is 1.67. The zero-order chi connectivity index (χ0) is 18.8. The van der Waals surface area contributed by atoms with E-state index in [1.54, 1.807) is 4.90 Å². The van der Waals surface area contributed by atoms with Gasteiger partial charge in [-0.15, -0.1) is 0 Å². The fourth-order valence-corrected chi connectivity index (χ4v) is 4.06. The summed E-state index contributed by atoms with van der Waals surface area (Å²) in [5, 5.41) is 3.23. The molecule has 1 aliphatic rings. The molecule has 1 unspecified atom stereocenters. The Hall–Kier alpha value is -2.58. The van der Waals surface area contributed by atoms with E-state index in [1.807, 2.05) is 54.6 Å². The quantitative estimate of drug-likeness (QED) is 0.663. The average molecular weight is 443 g/mol. The smallest absolute Gasteiger partial charge is 0.231 e. The van der Waals surface area contributed by atoms with Crippen LogP contribution in [0.1, 0.15) is 6.42 Å². The van der Waals surface area contributed by atoms with Gasteiger partial charge in [0.25, 0.3) is 0 Å². The number of carbonyl (C=O) groups excluding carboxylic acids is 2. The van der Waals surface area contributed by atoms with Gasteiger partial charge in [0.05, 0.1) is 11.6 Å². The highest BCUT2D eigenvalue weighted by molar-refractivity contribution is 9.10. The summed E-state index contributed by atoms with van der Waals surface area (Å²) < 4.78 is 5.12. The molecule has 1 atom stereocenters. The number of para-hydroxylation sites is 1. The van der Waals surface area contributed by atoms with Crippen molar-refractivity contribution in [2.24, 2.45) is 5.92 Å². The van der Waals surface area contributed by atoms with Gasteiger partial charge in [0.2, 0.25) is 16.9 Å². The van der Waals surface area contributed by atoms with Gasteiger partial charge in [-0.3, -0.25) is 9.59 Å². The molecule has 1 N–H and O–H groups in total. The molecule has 3 aromatic rings. The van der Waals surface area contributed by atoms with Crippen molar-refractivity contribution in [3.63, 3.8) is 0 Å². The average Bonchev–Trinajstić information content (AvgIpc) is 3.30. The summed E-state index contributed by atoms with van der Waals surface area (Å²) in [7, 11) is 0. The van der Waals surface area contributed by atoms with Crippen molar-refractivity contribution in [2.45, 2.75) is 6.42 Å². The minimum absolute atomic E-state index is 0.0655. The molecule has 1 aliphatic heterocycles. The highest BCUT2D eigenvalue weighted by atomic mass is 79.9. The maximum absolute atomic E-state index is 12.6. The van der Waals surface area contributed by atoms with Crippen molar-refractivity contribution >= 4 is 50.1 Å². The normalized spacial score (nSPS) is 16.6. The molecule has 2 heterocycles. The number of anilines is 2. The van der Waals surface area contributed by atoms with E-state index < -0.39 is 5.92 Å². The first kappa shape index (κ1) is 17.8. The standard InChI is InChI=1S/C19H15BrN4O2S/c20-14-8-4-5-9-15(14)24-11-13(10-16(24)25)18(26)22-19-21-17(23-27-19)12-6-2-1-3-7-12/h1-9,13H,10-11H2,(H,21,22,23,26). The third-order valence-corrected chi connectivity index (χ3v) is 5.63. The predicted molar refractivity (Wildman–Crippen MR) is 109 cm³/mol. The first-order valence-corrected chi connectivity index (χ1v) is 9.93. The van der Waals surface area contributed by atoms with Crippen LogP contribution in [0, 0.1) is 5.92 Å². The lowest BCUT2D eigenvalue weighted by atomic mass is 10.1. The van der Waals surface area contributed by atoms with Crippen LogP contribution in [0.15, 0.2) is 59.1 Å². The molecule has 8 heteroatoms. The Morgan fingerprint density at radius 3 is 2.67 bits per heavy atom. The topological polar surface area (TPSA) is 75.2 Å². The number of amides is 2. The summed E-state index contributed by atoms with van der Waals surface area (Å²) in [5.74, 6) is -0.125. The van der Waals surface area contributed by atoms with Crippen LogP contribution in [0.2, 0.25) is 0 Å². The van der Waals surface area contributed by atoms with E-state index in [1.165, 1.54) is 0 Å². The summed E-state index contributed by atoms with van der Waals surface area (Å²) in [6.45, 7) is 0.345. The van der Waals surface area contributed by atoms with Crippen LogP contribution >= 0.6 is 27.5 Å². The Balaban J connectivity index is 1.45. The Bertz CT molecular complexity index is 992. The second-order valence-corrected chi connectivity index (χ2v) is 7.74. The van der Waals surface area contributed by atoms with Gasteiger partial charge in [-0.2, -0.15) is 9.36 Å². The molecule has 4 rings (SSSR count). The molecule has 6 nitrogen and oxygen atoms in total. The monoisotopic (exact) mass is 442 g/mol. The van der Waals surface area contributed by atoms with Crippen molar-refractivity contribution in [3.05, 3.63) is 59.1 Å².